The lowest BCUT2D eigenvalue weighted by Gasteiger charge is -2.21. The molecule has 23 heavy (non-hydrogen) atoms. The van der Waals surface area contributed by atoms with Crippen LogP contribution in [0.3, 0.4) is 0 Å². The second kappa shape index (κ2) is 7.29. The molecule has 1 N–H and O–H groups in total. The van der Waals surface area contributed by atoms with Crippen LogP contribution in [0.1, 0.15) is 39.5 Å². The summed E-state index contributed by atoms with van der Waals surface area (Å²) >= 11 is 0. The molecule has 0 bridgehead atoms. The average Bonchev–Trinajstić information content (AvgIpc) is 3.30. The summed E-state index contributed by atoms with van der Waals surface area (Å²) in [6.07, 6.45) is 3.08. The number of benzene rings is 1. The zero-order valence-corrected chi connectivity index (χ0v) is 15.2. The molecule has 1 aliphatic rings. The smallest absolute Gasteiger partial charge is 0.208 e. The second-order valence-electron chi connectivity index (χ2n) is 5.77. The van der Waals surface area contributed by atoms with E-state index in [-0.39, 0.29) is 15.8 Å². The van der Waals surface area contributed by atoms with E-state index in [0.717, 1.165) is 12.8 Å². The van der Waals surface area contributed by atoms with Crippen molar-refractivity contribution in [2.45, 2.75) is 55.4 Å². The Morgan fingerprint density at radius 1 is 1.04 bits per heavy atom. The van der Waals surface area contributed by atoms with Crippen molar-refractivity contribution in [3.63, 3.8) is 0 Å². The highest BCUT2D eigenvalue weighted by Crippen LogP contribution is 2.24. The normalized spacial score (nSPS) is 16.0. The van der Waals surface area contributed by atoms with Gasteiger partial charge >= 0.3 is 0 Å². The van der Waals surface area contributed by atoms with Gasteiger partial charge in [0, 0.05) is 19.1 Å². The summed E-state index contributed by atoms with van der Waals surface area (Å²) in [7, 11) is -7.34. The van der Waals surface area contributed by atoms with E-state index >= 15 is 0 Å². The SMILES string of the molecule is CCCN(CCC)S(=O)(=O)c1cccc(S(=O)(=O)NC2CC2)c1. The zero-order chi connectivity index (χ0) is 17.1. The zero-order valence-electron chi connectivity index (χ0n) is 13.5. The van der Waals surface area contributed by atoms with Gasteiger partial charge in [0.15, 0.2) is 0 Å². The van der Waals surface area contributed by atoms with Gasteiger partial charge < -0.3 is 0 Å². The van der Waals surface area contributed by atoms with Crippen molar-refractivity contribution in [2.75, 3.05) is 13.1 Å². The maximum Gasteiger partial charge on any atom is 0.243 e. The fourth-order valence-electron chi connectivity index (χ4n) is 2.29. The van der Waals surface area contributed by atoms with Crippen LogP contribution in [0.5, 0.6) is 0 Å². The molecule has 0 heterocycles. The van der Waals surface area contributed by atoms with Gasteiger partial charge in [0.05, 0.1) is 9.79 Å². The lowest BCUT2D eigenvalue weighted by atomic mass is 10.4. The highest BCUT2D eigenvalue weighted by molar-refractivity contribution is 7.90. The largest absolute Gasteiger partial charge is 0.243 e. The molecule has 6 nitrogen and oxygen atoms in total. The Labute approximate surface area is 139 Å². The molecule has 1 fully saturated rings. The molecule has 8 heteroatoms. The second-order valence-corrected chi connectivity index (χ2v) is 9.43. The van der Waals surface area contributed by atoms with E-state index in [1.54, 1.807) is 0 Å². The quantitative estimate of drug-likeness (QED) is 0.729. The summed E-state index contributed by atoms with van der Waals surface area (Å²) in [5, 5.41) is 0. The Morgan fingerprint density at radius 2 is 1.61 bits per heavy atom. The molecule has 0 radical (unpaired) electrons. The van der Waals surface area contributed by atoms with Gasteiger partial charge in [0.25, 0.3) is 0 Å². The third-order valence-corrected chi connectivity index (χ3v) is 7.01. The third-order valence-electron chi connectivity index (χ3n) is 3.60. The maximum atomic E-state index is 12.7. The van der Waals surface area contributed by atoms with Crippen molar-refractivity contribution in [1.82, 2.24) is 9.03 Å². The number of hydrogen-bond donors (Lipinski definition) is 1. The minimum atomic E-state index is -3.68. The molecular formula is C15H24N2O4S2. The molecule has 0 atom stereocenters. The number of hydrogen-bond acceptors (Lipinski definition) is 4. The molecule has 1 aromatic carbocycles. The Bertz CT molecular complexity index is 734. The summed E-state index contributed by atoms with van der Waals surface area (Å²) in [6.45, 7) is 4.68. The predicted molar refractivity (Wildman–Crippen MR) is 89.1 cm³/mol. The first-order valence-corrected chi connectivity index (χ1v) is 10.9. The van der Waals surface area contributed by atoms with Crippen LogP contribution in [0.25, 0.3) is 0 Å². The Balaban J connectivity index is 2.33. The Hall–Kier alpha value is -0.960. The molecule has 0 aromatic heterocycles. The van der Waals surface area contributed by atoms with Crippen molar-refractivity contribution in [1.29, 1.82) is 0 Å². The summed E-state index contributed by atoms with van der Waals surface area (Å²) in [5.41, 5.74) is 0. The van der Waals surface area contributed by atoms with Crippen molar-refractivity contribution < 1.29 is 16.8 Å². The molecule has 1 aromatic rings. The molecule has 0 spiro atoms. The van der Waals surface area contributed by atoms with Gasteiger partial charge in [-0.25, -0.2) is 21.6 Å². The first-order valence-electron chi connectivity index (χ1n) is 7.93. The van der Waals surface area contributed by atoms with E-state index in [9.17, 15) is 16.8 Å². The predicted octanol–water partition coefficient (Wildman–Crippen LogP) is 1.94. The lowest BCUT2D eigenvalue weighted by molar-refractivity contribution is 0.410. The van der Waals surface area contributed by atoms with Crippen molar-refractivity contribution >= 4 is 20.0 Å². The van der Waals surface area contributed by atoms with Crippen LogP contribution in [0.2, 0.25) is 0 Å². The van der Waals surface area contributed by atoms with Gasteiger partial charge in [-0.3, -0.25) is 0 Å². The summed E-state index contributed by atoms with van der Waals surface area (Å²) in [4.78, 5) is 0.0245. The van der Waals surface area contributed by atoms with E-state index < -0.39 is 20.0 Å². The number of rotatable bonds is 9. The standard InChI is InChI=1S/C15H24N2O4S2/c1-3-10-17(11-4-2)23(20,21)15-7-5-6-14(12-15)22(18,19)16-13-8-9-13/h5-7,12-13,16H,3-4,8-11H2,1-2H3. The van der Waals surface area contributed by atoms with Crippen LogP contribution in [0.4, 0.5) is 0 Å². The summed E-state index contributed by atoms with van der Waals surface area (Å²) < 4.78 is 54.0. The average molecular weight is 361 g/mol. The highest BCUT2D eigenvalue weighted by Gasteiger charge is 2.29. The number of nitrogens with one attached hydrogen (secondary N) is 1. The van der Waals surface area contributed by atoms with E-state index in [1.807, 2.05) is 13.8 Å². The number of sulfonamides is 2. The van der Waals surface area contributed by atoms with Gasteiger partial charge in [0.2, 0.25) is 20.0 Å². The molecule has 0 amide bonds. The van der Waals surface area contributed by atoms with E-state index in [4.69, 9.17) is 0 Å². The topological polar surface area (TPSA) is 83.6 Å². The van der Waals surface area contributed by atoms with Gasteiger partial charge in [0.1, 0.15) is 0 Å². The minimum absolute atomic E-state index is 0.00146. The van der Waals surface area contributed by atoms with Crippen molar-refractivity contribution in [3.8, 4) is 0 Å². The van der Waals surface area contributed by atoms with E-state index in [0.29, 0.717) is 25.9 Å². The molecule has 0 unspecified atom stereocenters. The van der Waals surface area contributed by atoms with Crippen LogP contribution in [-0.2, 0) is 20.0 Å². The van der Waals surface area contributed by atoms with E-state index in [2.05, 4.69) is 4.72 Å². The van der Waals surface area contributed by atoms with Crippen LogP contribution >= 0.6 is 0 Å². The Kier molecular flexibility index (Phi) is 5.83. The maximum absolute atomic E-state index is 12.7. The molecule has 130 valence electrons. The third kappa shape index (κ3) is 4.53. The molecule has 0 aliphatic heterocycles. The molecular weight excluding hydrogens is 336 g/mol. The van der Waals surface area contributed by atoms with Crippen LogP contribution in [0.15, 0.2) is 34.1 Å². The van der Waals surface area contributed by atoms with Crippen LogP contribution < -0.4 is 4.72 Å². The first-order chi connectivity index (χ1) is 10.8. The van der Waals surface area contributed by atoms with Crippen molar-refractivity contribution in [2.24, 2.45) is 0 Å². The fourth-order valence-corrected chi connectivity index (χ4v) is 5.39. The van der Waals surface area contributed by atoms with Crippen LogP contribution in [-0.4, -0.2) is 40.3 Å². The van der Waals surface area contributed by atoms with Gasteiger partial charge in [-0.2, -0.15) is 4.31 Å². The number of nitrogens with zero attached hydrogens (tertiary/aromatic N) is 1. The van der Waals surface area contributed by atoms with Gasteiger partial charge in [-0.05, 0) is 43.9 Å². The summed E-state index contributed by atoms with van der Waals surface area (Å²) in [6, 6.07) is 5.58. The van der Waals surface area contributed by atoms with E-state index in [1.165, 1.54) is 28.6 Å². The van der Waals surface area contributed by atoms with Gasteiger partial charge in [-0.15, -0.1) is 0 Å². The summed E-state index contributed by atoms with van der Waals surface area (Å²) in [5.74, 6) is 0. The monoisotopic (exact) mass is 360 g/mol. The van der Waals surface area contributed by atoms with Crippen molar-refractivity contribution in [3.05, 3.63) is 24.3 Å². The highest BCUT2D eigenvalue weighted by atomic mass is 32.2. The fraction of sp³-hybridized carbons (Fsp3) is 0.600. The van der Waals surface area contributed by atoms with Gasteiger partial charge in [-0.1, -0.05) is 19.9 Å². The lowest BCUT2D eigenvalue weighted by Crippen LogP contribution is -2.33. The first kappa shape index (κ1) is 18.4. The Morgan fingerprint density at radius 3 is 2.13 bits per heavy atom. The molecule has 1 aliphatic carbocycles. The molecule has 0 saturated heterocycles. The minimum Gasteiger partial charge on any atom is -0.208 e. The molecule has 1 saturated carbocycles. The van der Waals surface area contributed by atoms with Crippen LogP contribution in [0, 0.1) is 0 Å². The molecule has 2 rings (SSSR count).